The minimum Gasteiger partial charge on any atom is -0.376 e. The van der Waals surface area contributed by atoms with Crippen molar-refractivity contribution < 1.29 is 4.74 Å². The molecule has 1 aliphatic heterocycles. The fourth-order valence-electron chi connectivity index (χ4n) is 3.81. The van der Waals surface area contributed by atoms with E-state index in [9.17, 15) is 0 Å². The van der Waals surface area contributed by atoms with Gasteiger partial charge in [0.25, 0.3) is 0 Å². The van der Waals surface area contributed by atoms with Gasteiger partial charge in [-0.15, -0.1) is 10.2 Å². The average molecular weight is 422 g/mol. The molecule has 0 aliphatic carbocycles. The molecule has 1 aliphatic rings. The fourth-order valence-corrected chi connectivity index (χ4v) is 3.81. The Hall–Kier alpha value is -2.97. The lowest BCUT2D eigenvalue weighted by atomic mass is 10.1. The normalized spacial score (nSPS) is 17.7. The van der Waals surface area contributed by atoms with Crippen LogP contribution in [0.1, 0.15) is 30.8 Å². The third-order valence-electron chi connectivity index (χ3n) is 5.29. The number of aliphatic imine (C=N–C) groups is 1. The summed E-state index contributed by atoms with van der Waals surface area (Å²) in [4.78, 5) is 7.22. The topological polar surface area (TPSA) is 79.1 Å². The summed E-state index contributed by atoms with van der Waals surface area (Å²) in [6.07, 6.45) is 2.27. The van der Waals surface area contributed by atoms with Gasteiger partial charge in [0.1, 0.15) is 0 Å². The Morgan fingerprint density at radius 2 is 2.06 bits per heavy atom. The van der Waals surface area contributed by atoms with E-state index in [1.54, 1.807) is 0 Å². The summed E-state index contributed by atoms with van der Waals surface area (Å²) in [7, 11) is 0. The fraction of sp³-hybridized carbons (Fsp3) is 0.435. The Labute approximate surface area is 183 Å². The second kappa shape index (κ2) is 10.4. The van der Waals surface area contributed by atoms with E-state index in [0.717, 1.165) is 50.2 Å². The first-order valence-corrected chi connectivity index (χ1v) is 10.9. The van der Waals surface area contributed by atoms with Crippen LogP contribution in [-0.4, -0.2) is 57.8 Å². The molecule has 2 N–H and O–H groups in total. The molecule has 0 spiro atoms. The van der Waals surface area contributed by atoms with Gasteiger partial charge in [-0.1, -0.05) is 30.3 Å². The first-order valence-electron chi connectivity index (χ1n) is 10.9. The molecule has 4 rings (SSSR count). The molecule has 3 aromatic rings. The van der Waals surface area contributed by atoms with Gasteiger partial charge in [-0.25, -0.2) is 4.99 Å². The number of rotatable bonds is 7. The van der Waals surface area contributed by atoms with E-state index in [-0.39, 0.29) is 0 Å². The zero-order chi connectivity index (χ0) is 21.5. The molecule has 0 bridgehead atoms. The molecule has 164 valence electrons. The van der Waals surface area contributed by atoms with Crippen molar-refractivity contribution >= 4 is 11.6 Å². The van der Waals surface area contributed by atoms with Crippen LogP contribution in [0.5, 0.6) is 0 Å². The van der Waals surface area contributed by atoms with Gasteiger partial charge in [-0.3, -0.25) is 9.30 Å². The number of pyridine rings is 1. The zero-order valence-corrected chi connectivity index (χ0v) is 18.3. The second-order valence-electron chi connectivity index (χ2n) is 7.83. The smallest absolute Gasteiger partial charge is 0.191 e. The molecular weight excluding hydrogens is 390 g/mol. The van der Waals surface area contributed by atoms with Gasteiger partial charge < -0.3 is 15.4 Å². The minimum atomic E-state index is 0.303. The molecule has 0 radical (unpaired) electrons. The number of nitrogens with zero attached hydrogens (tertiary/aromatic N) is 5. The van der Waals surface area contributed by atoms with Crippen LogP contribution in [-0.2, 0) is 24.4 Å². The molecule has 3 heterocycles. The lowest BCUT2D eigenvalue weighted by Gasteiger charge is -2.31. The van der Waals surface area contributed by atoms with Crippen LogP contribution in [0.4, 0.5) is 0 Å². The maximum atomic E-state index is 5.65. The molecule has 8 nitrogen and oxygen atoms in total. The van der Waals surface area contributed by atoms with Crippen LogP contribution >= 0.6 is 0 Å². The Bertz CT molecular complexity index is 1020. The van der Waals surface area contributed by atoms with Crippen LogP contribution in [0.25, 0.3) is 5.65 Å². The Kier molecular flexibility index (Phi) is 7.11. The highest BCUT2D eigenvalue weighted by Crippen LogP contribution is 2.13. The molecule has 0 amide bonds. The van der Waals surface area contributed by atoms with Crippen molar-refractivity contribution in [2.24, 2.45) is 4.99 Å². The highest BCUT2D eigenvalue weighted by molar-refractivity contribution is 5.79. The van der Waals surface area contributed by atoms with Crippen LogP contribution in [0, 0.1) is 0 Å². The average Bonchev–Trinajstić information content (AvgIpc) is 3.19. The van der Waals surface area contributed by atoms with Crippen LogP contribution < -0.4 is 10.6 Å². The largest absolute Gasteiger partial charge is 0.376 e. The zero-order valence-electron chi connectivity index (χ0n) is 18.3. The molecule has 2 aromatic heterocycles. The van der Waals surface area contributed by atoms with Gasteiger partial charge >= 0.3 is 0 Å². The number of fused-ring (bicyclic) bond motifs is 1. The summed E-state index contributed by atoms with van der Waals surface area (Å²) in [5.74, 6) is 1.62. The number of nitrogens with one attached hydrogen (secondary N) is 2. The maximum absolute atomic E-state index is 5.65. The van der Waals surface area contributed by atoms with E-state index < -0.39 is 0 Å². The predicted molar refractivity (Wildman–Crippen MR) is 122 cm³/mol. The van der Waals surface area contributed by atoms with Crippen molar-refractivity contribution in [2.75, 3.05) is 26.2 Å². The van der Waals surface area contributed by atoms with Crippen LogP contribution in [0.2, 0.25) is 0 Å². The van der Waals surface area contributed by atoms with E-state index in [4.69, 9.17) is 9.73 Å². The Morgan fingerprint density at radius 3 is 2.94 bits per heavy atom. The summed E-state index contributed by atoms with van der Waals surface area (Å²) in [5, 5.41) is 15.1. The number of ether oxygens (including phenoxy) is 1. The molecule has 0 saturated carbocycles. The molecular formula is C23H31N7O. The number of hydrogen-bond acceptors (Lipinski definition) is 5. The number of morpholine rings is 1. The van der Waals surface area contributed by atoms with Crippen molar-refractivity contribution in [3.8, 4) is 0 Å². The monoisotopic (exact) mass is 421 g/mol. The van der Waals surface area contributed by atoms with Gasteiger partial charge in [0, 0.05) is 32.4 Å². The van der Waals surface area contributed by atoms with Gasteiger partial charge in [0.15, 0.2) is 17.4 Å². The van der Waals surface area contributed by atoms with E-state index in [1.807, 2.05) is 28.8 Å². The number of hydrogen-bond donors (Lipinski definition) is 2. The summed E-state index contributed by atoms with van der Waals surface area (Å²) in [5.41, 5.74) is 3.35. The van der Waals surface area contributed by atoms with Gasteiger partial charge in [0.05, 0.1) is 25.8 Å². The molecule has 1 fully saturated rings. The van der Waals surface area contributed by atoms with E-state index >= 15 is 0 Å². The first-order chi connectivity index (χ1) is 15.2. The molecule has 1 aromatic carbocycles. The molecule has 31 heavy (non-hydrogen) atoms. The van der Waals surface area contributed by atoms with Crippen molar-refractivity contribution in [2.45, 2.75) is 39.6 Å². The number of guanidine groups is 1. The summed E-state index contributed by atoms with van der Waals surface area (Å²) in [6.45, 7) is 9.88. The molecule has 8 heteroatoms. The lowest BCUT2D eigenvalue weighted by molar-refractivity contribution is -0.0212. The quantitative estimate of drug-likeness (QED) is 0.450. The molecule has 1 unspecified atom stereocenters. The van der Waals surface area contributed by atoms with Gasteiger partial charge in [-0.05, 0) is 37.1 Å². The predicted octanol–water partition coefficient (Wildman–Crippen LogP) is 2.21. The number of benzene rings is 1. The van der Waals surface area contributed by atoms with Gasteiger partial charge in [-0.2, -0.15) is 0 Å². The highest BCUT2D eigenvalue weighted by atomic mass is 16.5. The third-order valence-corrected chi connectivity index (χ3v) is 5.29. The summed E-state index contributed by atoms with van der Waals surface area (Å²) < 4.78 is 7.63. The van der Waals surface area contributed by atoms with E-state index in [2.05, 4.69) is 63.8 Å². The first kappa shape index (κ1) is 21.3. The molecule has 1 atom stereocenters. The summed E-state index contributed by atoms with van der Waals surface area (Å²) in [6, 6.07) is 14.6. The lowest BCUT2D eigenvalue weighted by Crippen LogP contribution is -2.40. The van der Waals surface area contributed by atoms with Crippen molar-refractivity contribution in [3.63, 3.8) is 0 Å². The van der Waals surface area contributed by atoms with Crippen molar-refractivity contribution in [3.05, 3.63) is 65.6 Å². The molecule has 1 saturated heterocycles. The van der Waals surface area contributed by atoms with E-state index in [1.165, 1.54) is 11.1 Å². The standard InChI is InChI=1S/C23H31N7O/c1-3-24-23(26-15-22-28-27-21-9-4-5-10-30(21)22)25-14-19-7-6-8-20(13-19)17-29-11-12-31-18(2)16-29/h4-10,13,18H,3,11-12,14-17H2,1-2H3,(H2,24,25,26). The van der Waals surface area contributed by atoms with Crippen molar-refractivity contribution in [1.82, 2.24) is 30.1 Å². The van der Waals surface area contributed by atoms with Crippen molar-refractivity contribution in [1.29, 1.82) is 0 Å². The van der Waals surface area contributed by atoms with E-state index in [0.29, 0.717) is 19.2 Å². The second-order valence-corrected chi connectivity index (χ2v) is 7.83. The third kappa shape index (κ3) is 5.80. The van der Waals surface area contributed by atoms with Crippen LogP contribution in [0.15, 0.2) is 53.7 Å². The highest BCUT2D eigenvalue weighted by Gasteiger charge is 2.16. The summed E-state index contributed by atoms with van der Waals surface area (Å²) >= 11 is 0. The van der Waals surface area contributed by atoms with Crippen LogP contribution in [0.3, 0.4) is 0 Å². The number of aromatic nitrogens is 3. The van der Waals surface area contributed by atoms with Gasteiger partial charge in [0.2, 0.25) is 0 Å². The SMILES string of the molecule is CCNC(=NCc1cccc(CN2CCOC(C)C2)c1)NCc1nnc2ccccn12. The Balaban J connectivity index is 1.37. The minimum absolute atomic E-state index is 0.303. The Morgan fingerprint density at radius 1 is 1.16 bits per heavy atom. The maximum Gasteiger partial charge on any atom is 0.191 e.